The maximum absolute atomic E-state index is 8.93. The summed E-state index contributed by atoms with van der Waals surface area (Å²) in [6, 6.07) is 17.9. The van der Waals surface area contributed by atoms with Crippen LogP contribution in [0, 0.1) is 0 Å². The van der Waals surface area contributed by atoms with Crippen molar-refractivity contribution in [2.75, 3.05) is 25.1 Å². The molecule has 5 nitrogen and oxygen atoms in total. The van der Waals surface area contributed by atoms with Crippen molar-refractivity contribution in [1.29, 1.82) is 0 Å². The number of benzene rings is 2. The molecule has 0 unspecified atom stereocenters. The molecule has 0 fully saturated rings. The van der Waals surface area contributed by atoms with E-state index in [1.807, 2.05) is 48.5 Å². The maximum Gasteiger partial charge on any atom is 0.204 e. The van der Waals surface area contributed by atoms with Gasteiger partial charge in [0, 0.05) is 13.2 Å². The summed E-state index contributed by atoms with van der Waals surface area (Å²) >= 11 is 0. The number of aromatic nitrogens is 2. The lowest BCUT2D eigenvalue weighted by molar-refractivity contribution is 0.292. The van der Waals surface area contributed by atoms with Crippen molar-refractivity contribution in [1.82, 2.24) is 9.55 Å². The first-order valence-corrected chi connectivity index (χ1v) is 7.86. The largest absolute Gasteiger partial charge is 0.492 e. The van der Waals surface area contributed by atoms with E-state index >= 15 is 0 Å². The van der Waals surface area contributed by atoms with Gasteiger partial charge >= 0.3 is 0 Å². The van der Waals surface area contributed by atoms with Crippen molar-refractivity contribution in [3.05, 3.63) is 54.6 Å². The fourth-order valence-corrected chi connectivity index (χ4v) is 2.49. The number of nitrogens with zero attached hydrogens (tertiary/aromatic N) is 2. The van der Waals surface area contributed by atoms with Gasteiger partial charge in [-0.25, -0.2) is 4.98 Å². The molecular formula is C18H21N3O2. The average Bonchev–Trinajstić information content (AvgIpc) is 2.94. The minimum atomic E-state index is 0.171. The molecule has 0 aliphatic heterocycles. The smallest absolute Gasteiger partial charge is 0.204 e. The summed E-state index contributed by atoms with van der Waals surface area (Å²) in [7, 11) is 0. The summed E-state index contributed by atoms with van der Waals surface area (Å²) in [5.41, 5.74) is 2.04. The third kappa shape index (κ3) is 3.81. The van der Waals surface area contributed by atoms with Crippen LogP contribution in [0.5, 0.6) is 5.75 Å². The Labute approximate surface area is 135 Å². The number of anilines is 1. The van der Waals surface area contributed by atoms with E-state index in [2.05, 4.69) is 20.9 Å². The molecule has 120 valence electrons. The quantitative estimate of drug-likeness (QED) is 0.628. The highest BCUT2D eigenvalue weighted by molar-refractivity contribution is 5.78. The molecule has 2 N–H and O–H groups in total. The number of hydrogen-bond donors (Lipinski definition) is 2. The molecule has 0 aliphatic carbocycles. The lowest BCUT2D eigenvalue weighted by Gasteiger charge is -2.11. The van der Waals surface area contributed by atoms with E-state index in [9.17, 15) is 0 Å². The molecule has 0 saturated heterocycles. The normalized spacial score (nSPS) is 10.8. The fourth-order valence-electron chi connectivity index (χ4n) is 2.49. The van der Waals surface area contributed by atoms with Crippen LogP contribution in [0.3, 0.4) is 0 Å². The molecule has 3 rings (SSSR count). The number of aliphatic hydroxyl groups excluding tert-OH is 1. The molecular weight excluding hydrogens is 290 g/mol. The third-order valence-corrected chi connectivity index (χ3v) is 3.60. The zero-order chi connectivity index (χ0) is 15.9. The molecule has 0 amide bonds. The molecule has 0 saturated carbocycles. The van der Waals surface area contributed by atoms with Gasteiger partial charge < -0.3 is 19.7 Å². The van der Waals surface area contributed by atoms with Crippen LogP contribution in [0.25, 0.3) is 11.0 Å². The molecule has 0 aliphatic rings. The number of para-hydroxylation sites is 3. The van der Waals surface area contributed by atoms with Crippen molar-refractivity contribution in [3.8, 4) is 5.75 Å². The van der Waals surface area contributed by atoms with Crippen molar-refractivity contribution in [3.63, 3.8) is 0 Å². The third-order valence-electron chi connectivity index (χ3n) is 3.60. The lowest BCUT2D eigenvalue weighted by atomic mass is 10.3. The summed E-state index contributed by atoms with van der Waals surface area (Å²) in [6.45, 7) is 2.14. The lowest BCUT2D eigenvalue weighted by Crippen LogP contribution is -2.13. The first-order valence-electron chi connectivity index (χ1n) is 7.86. The van der Waals surface area contributed by atoms with Crippen LogP contribution < -0.4 is 10.1 Å². The number of fused-ring (bicyclic) bond motifs is 1. The summed E-state index contributed by atoms with van der Waals surface area (Å²) in [6.07, 6.45) is 0.698. The standard InChI is InChI=1S/C18H21N3O2/c22-13-6-11-19-18-20-16-9-4-5-10-17(16)21(18)12-14-23-15-7-2-1-3-8-15/h1-5,7-10,22H,6,11-14H2,(H,19,20). The molecule has 0 bridgehead atoms. The second-order valence-electron chi connectivity index (χ2n) is 5.24. The topological polar surface area (TPSA) is 59.3 Å². The number of ether oxygens (including phenoxy) is 1. The first-order chi connectivity index (χ1) is 11.4. The van der Waals surface area contributed by atoms with E-state index in [-0.39, 0.29) is 6.61 Å². The summed E-state index contributed by atoms with van der Waals surface area (Å²) < 4.78 is 7.91. The molecule has 3 aromatic rings. The van der Waals surface area contributed by atoms with Crippen molar-refractivity contribution in [2.24, 2.45) is 0 Å². The van der Waals surface area contributed by atoms with E-state index in [0.29, 0.717) is 26.1 Å². The van der Waals surface area contributed by atoms with Gasteiger partial charge in [0.1, 0.15) is 12.4 Å². The highest BCUT2D eigenvalue weighted by Crippen LogP contribution is 2.19. The monoisotopic (exact) mass is 311 g/mol. The second-order valence-corrected chi connectivity index (χ2v) is 5.24. The van der Waals surface area contributed by atoms with Crippen LogP contribution in [-0.4, -0.2) is 34.4 Å². The molecule has 1 aromatic heterocycles. The van der Waals surface area contributed by atoms with Crippen LogP contribution in [0.1, 0.15) is 6.42 Å². The summed E-state index contributed by atoms with van der Waals surface area (Å²) in [5, 5.41) is 12.2. The van der Waals surface area contributed by atoms with Gasteiger partial charge in [0.2, 0.25) is 5.95 Å². The number of rotatable bonds is 8. The van der Waals surface area contributed by atoms with Crippen LogP contribution >= 0.6 is 0 Å². The molecule has 0 atom stereocenters. The molecule has 0 radical (unpaired) electrons. The van der Waals surface area contributed by atoms with E-state index < -0.39 is 0 Å². The van der Waals surface area contributed by atoms with Gasteiger partial charge in [-0.15, -0.1) is 0 Å². The maximum atomic E-state index is 8.93. The minimum absolute atomic E-state index is 0.171. The van der Waals surface area contributed by atoms with Gasteiger partial charge in [-0.3, -0.25) is 0 Å². The Hall–Kier alpha value is -2.53. The Morgan fingerprint density at radius 3 is 2.65 bits per heavy atom. The van der Waals surface area contributed by atoms with E-state index in [1.165, 1.54) is 0 Å². The van der Waals surface area contributed by atoms with Crippen molar-refractivity contribution in [2.45, 2.75) is 13.0 Å². The zero-order valence-electron chi connectivity index (χ0n) is 13.0. The summed E-state index contributed by atoms with van der Waals surface area (Å²) in [4.78, 5) is 4.62. The number of imidazole rings is 1. The van der Waals surface area contributed by atoms with Crippen LogP contribution in [-0.2, 0) is 6.54 Å². The predicted molar refractivity (Wildman–Crippen MR) is 91.9 cm³/mol. The average molecular weight is 311 g/mol. The minimum Gasteiger partial charge on any atom is -0.492 e. The second kappa shape index (κ2) is 7.65. The molecule has 23 heavy (non-hydrogen) atoms. The SMILES string of the molecule is OCCCNc1nc2ccccc2n1CCOc1ccccc1. The highest BCUT2D eigenvalue weighted by atomic mass is 16.5. The van der Waals surface area contributed by atoms with Crippen molar-refractivity contribution < 1.29 is 9.84 Å². The first kappa shape index (κ1) is 15.4. The van der Waals surface area contributed by atoms with Crippen LogP contribution in [0.2, 0.25) is 0 Å². The summed E-state index contributed by atoms with van der Waals surface area (Å²) in [5.74, 6) is 1.68. The molecule has 5 heteroatoms. The van der Waals surface area contributed by atoms with Crippen LogP contribution in [0.15, 0.2) is 54.6 Å². The fraction of sp³-hybridized carbons (Fsp3) is 0.278. The number of aliphatic hydroxyl groups is 1. The van der Waals surface area contributed by atoms with E-state index in [0.717, 1.165) is 22.7 Å². The number of nitrogens with one attached hydrogen (secondary N) is 1. The van der Waals surface area contributed by atoms with Crippen LogP contribution in [0.4, 0.5) is 5.95 Å². The van der Waals surface area contributed by atoms with Gasteiger partial charge in [-0.05, 0) is 30.7 Å². The Morgan fingerprint density at radius 1 is 1.04 bits per heavy atom. The number of hydrogen-bond acceptors (Lipinski definition) is 4. The molecule has 1 heterocycles. The van der Waals surface area contributed by atoms with Gasteiger partial charge in [-0.2, -0.15) is 0 Å². The van der Waals surface area contributed by atoms with Gasteiger partial charge in [0.25, 0.3) is 0 Å². The Balaban J connectivity index is 1.73. The molecule has 2 aromatic carbocycles. The van der Waals surface area contributed by atoms with Gasteiger partial charge in [0.05, 0.1) is 17.6 Å². The Kier molecular flexibility index (Phi) is 5.11. The Bertz CT molecular complexity index is 740. The van der Waals surface area contributed by atoms with Crippen molar-refractivity contribution >= 4 is 17.0 Å². The van der Waals surface area contributed by atoms with Gasteiger partial charge in [-0.1, -0.05) is 30.3 Å². The predicted octanol–water partition coefficient (Wildman–Crippen LogP) is 2.91. The molecule has 0 spiro atoms. The Morgan fingerprint density at radius 2 is 1.83 bits per heavy atom. The van der Waals surface area contributed by atoms with E-state index in [1.54, 1.807) is 0 Å². The highest BCUT2D eigenvalue weighted by Gasteiger charge is 2.09. The van der Waals surface area contributed by atoms with Gasteiger partial charge in [0.15, 0.2) is 0 Å². The zero-order valence-corrected chi connectivity index (χ0v) is 13.0. The van der Waals surface area contributed by atoms with E-state index in [4.69, 9.17) is 9.84 Å².